The summed E-state index contributed by atoms with van der Waals surface area (Å²) in [4.78, 5) is 24.1. The molecule has 0 aromatic heterocycles. The van der Waals surface area contributed by atoms with Gasteiger partial charge in [0.1, 0.15) is 11.6 Å². The molecule has 3 N–H and O–H groups in total. The number of nitrogens with one attached hydrogen (secondary N) is 3. The molecule has 0 spiro atoms. The van der Waals surface area contributed by atoms with Gasteiger partial charge in [0.25, 0.3) is 0 Å². The minimum absolute atomic E-state index is 0.117. The molecule has 0 radical (unpaired) electrons. The lowest BCUT2D eigenvalue weighted by Crippen LogP contribution is -2.44. The molecule has 0 aliphatic rings. The van der Waals surface area contributed by atoms with Gasteiger partial charge in [-0.05, 0) is 46.8 Å². The van der Waals surface area contributed by atoms with Crippen LogP contribution in [0, 0.1) is 0 Å². The van der Waals surface area contributed by atoms with E-state index >= 15 is 0 Å². The first-order valence-electron chi connectivity index (χ1n) is 8.19. The Labute approximate surface area is 164 Å². The van der Waals surface area contributed by atoms with Gasteiger partial charge in [-0.3, -0.25) is 4.79 Å². The van der Waals surface area contributed by atoms with E-state index in [1.54, 1.807) is 27.7 Å². The zero-order chi connectivity index (χ0) is 21.0. The average Bonchev–Trinajstić information content (AvgIpc) is 2.46. The summed E-state index contributed by atoms with van der Waals surface area (Å²) in [5, 5.41) is 7.67. The zero-order valence-electron chi connectivity index (χ0n) is 15.7. The van der Waals surface area contributed by atoms with Crippen LogP contribution in [0.2, 0.25) is 0 Å². The van der Waals surface area contributed by atoms with E-state index in [1.165, 1.54) is 13.0 Å². The van der Waals surface area contributed by atoms with Gasteiger partial charge in [0.05, 0.1) is 16.9 Å². The summed E-state index contributed by atoms with van der Waals surface area (Å²) in [5.41, 5.74) is -1.32. The van der Waals surface area contributed by atoms with Crippen molar-refractivity contribution in [3.8, 4) is 0 Å². The Morgan fingerprint density at radius 3 is 2.26 bits per heavy atom. The largest absolute Gasteiger partial charge is 0.444 e. The summed E-state index contributed by atoms with van der Waals surface area (Å²) in [6, 6.07) is 1.11. The van der Waals surface area contributed by atoms with Crippen molar-refractivity contribution in [2.24, 2.45) is 0 Å². The van der Waals surface area contributed by atoms with Crippen LogP contribution in [0.25, 0.3) is 0 Å². The molecule has 1 aromatic rings. The second kappa shape index (κ2) is 8.81. The van der Waals surface area contributed by atoms with Gasteiger partial charge in [0.15, 0.2) is 0 Å². The number of benzene rings is 1. The average molecular weight is 454 g/mol. The molecule has 1 atom stereocenters. The van der Waals surface area contributed by atoms with Gasteiger partial charge in [-0.1, -0.05) is 15.9 Å². The molecule has 152 valence electrons. The van der Waals surface area contributed by atoms with E-state index in [2.05, 4.69) is 31.9 Å². The van der Waals surface area contributed by atoms with Crippen LogP contribution in [0.15, 0.2) is 16.6 Å². The Morgan fingerprint density at radius 2 is 1.78 bits per heavy atom. The SMILES string of the molecule is CCNc1cc(C(F)(F)F)c(Br)cc1NC(=O)C(C)NC(=O)OC(C)(C)C. The molecule has 0 fully saturated rings. The second-order valence-electron chi connectivity index (χ2n) is 6.76. The third-order valence-corrected chi connectivity index (χ3v) is 3.82. The van der Waals surface area contributed by atoms with Crippen molar-refractivity contribution in [2.45, 2.75) is 52.4 Å². The fraction of sp³-hybridized carbons (Fsp3) is 0.529. The van der Waals surface area contributed by atoms with Gasteiger partial charge >= 0.3 is 12.3 Å². The Morgan fingerprint density at radius 1 is 1.19 bits per heavy atom. The molecule has 27 heavy (non-hydrogen) atoms. The van der Waals surface area contributed by atoms with E-state index in [0.29, 0.717) is 6.54 Å². The first kappa shape index (κ1) is 23.1. The molecule has 0 heterocycles. The maximum atomic E-state index is 13.1. The van der Waals surface area contributed by atoms with Crippen molar-refractivity contribution in [3.05, 3.63) is 22.2 Å². The number of carbonyl (C=O) groups is 2. The normalized spacial score (nSPS) is 12.9. The Bertz CT molecular complexity index is 703. The first-order valence-corrected chi connectivity index (χ1v) is 8.99. The first-order chi connectivity index (χ1) is 12.2. The molecule has 1 aromatic carbocycles. The third-order valence-electron chi connectivity index (χ3n) is 3.16. The maximum absolute atomic E-state index is 13.1. The van der Waals surface area contributed by atoms with E-state index in [9.17, 15) is 22.8 Å². The monoisotopic (exact) mass is 453 g/mol. The highest BCUT2D eigenvalue weighted by Crippen LogP contribution is 2.39. The molecular weight excluding hydrogens is 431 g/mol. The third kappa shape index (κ3) is 7.28. The summed E-state index contributed by atoms with van der Waals surface area (Å²) in [6.07, 6.45) is -5.32. The fourth-order valence-electron chi connectivity index (χ4n) is 2.02. The molecule has 0 saturated heterocycles. The number of halogens is 4. The molecule has 0 bridgehead atoms. The number of alkyl carbamates (subject to hydrolysis) is 1. The number of ether oxygens (including phenoxy) is 1. The number of alkyl halides is 3. The molecule has 0 aliphatic heterocycles. The van der Waals surface area contributed by atoms with E-state index in [-0.39, 0.29) is 15.8 Å². The number of anilines is 2. The highest BCUT2D eigenvalue weighted by molar-refractivity contribution is 9.10. The molecule has 10 heteroatoms. The van der Waals surface area contributed by atoms with Crippen molar-refractivity contribution in [1.29, 1.82) is 0 Å². The van der Waals surface area contributed by atoms with Crippen molar-refractivity contribution >= 4 is 39.3 Å². The quantitative estimate of drug-likeness (QED) is 0.600. The topological polar surface area (TPSA) is 79.5 Å². The van der Waals surface area contributed by atoms with Crippen LogP contribution in [-0.2, 0) is 15.7 Å². The van der Waals surface area contributed by atoms with Crippen LogP contribution >= 0.6 is 15.9 Å². The summed E-state index contributed by atoms with van der Waals surface area (Å²) in [6.45, 7) is 8.55. The standard InChI is InChI=1S/C17H23BrF3N3O3/c1-6-22-12-7-10(17(19,20)21)11(18)8-13(12)24-14(25)9(2)23-15(26)27-16(3,4)5/h7-9,22H,6H2,1-5H3,(H,23,26)(H,24,25). The predicted octanol–water partition coefficient (Wildman–Crippen LogP) is 4.75. The van der Waals surface area contributed by atoms with E-state index in [0.717, 1.165) is 6.07 Å². The maximum Gasteiger partial charge on any atom is 0.417 e. The van der Waals surface area contributed by atoms with E-state index in [1.807, 2.05) is 0 Å². The Hall–Kier alpha value is -1.97. The fourth-order valence-corrected chi connectivity index (χ4v) is 2.59. The summed E-state index contributed by atoms with van der Waals surface area (Å²) in [5.74, 6) is -0.605. The predicted molar refractivity (Wildman–Crippen MR) is 101 cm³/mol. The van der Waals surface area contributed by atoms with Crippen LogP contribution in [0.5, 0.6) is 0 Å². The van der Waals surface area contributed by atoms with Gasteiger partial charge in [-0.25, -0.2) is 4.79 Å². The van der Waals surface area contributed by atoms with Gasteiger partial charge in [0.2, 0.25) is 5.91 Å². The zero-order valence-corrected chi connectivity index (χ0v) is 17.3. The molecule has 1 rings (SSSR count). The Kier molecular flexibility index (Phi) is 7.53. The molecule has 2 amide bonds. The number of amides is 2. The Balaban J connectivity index is 2.98. The number of hydrogen-bond acceptors (Lipinski definition) is 4. The molecule has 0 aliphatic carbocycles. The smallest absolute Gasteiger partial charge is 0.417 e. The van der Waals surface area contributed by atoms with Crippen molar-refractivity contribution in [1.82, 2.24) is 5.32 Å². The van der Waals surface area contributed by atoms with Crippen LogP contribution in [0.1, 0.15) is 40.2 Å². The van der Waals surface area contributed by atoms with Crippen LogP contribution in [0.3, 0.4) is 0 Å². The lowest BCUT2D eigenvalue weighted by atomic mass is 10.1. The lowest BCUT2D eigenvalue weighted by Gasteiger charge is -2.22. The highest BCUT2D eigenvalue weighted by Gasteiger charge is 2.34. The second-order valence-corrected chi connectivity index (χ2v) is 7.62. The minimum Gasteiger partial charge on any atom is -0.444 e. The van der Waals surface area contributed by atoms with E-state index in [4.69, 9.17) is 4.74 Å². The van der Waals surface area contributed by atoms with E-state index < -0.39 is 35.4 Å². The van der Waals surface area contributed by atoms with Crippen molar-refractivity contribution in [3.63, 3.8) is 0 Å². The van der Waals surface area contributed by atoms with Gasteiger partial charge in [-0.15, -0.1) is 0 Å². The van der Waals surface area contributed by atoms with Gasteiger partial charge in [-0.2, -0.15) is 13.2 Å². The molecule has 1 unspecified atom stereocenters. The summed E-state index contributed by atoms with van der Waals surface area (Å²) >= 11 is 2.88. The van der Waals surface area contributed by atoms with Gasteiger partial charge in [0, 0.05) is 11.0 Å². The number of rotatable bonds is 5. The summed E-state index contributed by atoms with van der Waals surface area (Å²) < 4.78 is 44.1. The lowest BCUT2D eigenvalue weighted by molar-refractivity contribution is -0.138. The molecule has 6 nitrogen and oxygen atoms in total. The van der Waals surface area contributed by atoms with Crippen LogP contribution in [0.4, 0.5) is 29.3 Å². The van der Waals surface area contributed by atoms with Crippen molar-refractivity contribution < 1.29 is 27.5 Å². The number of carbonyl (C=O) groups excluding carboxylic acids is 2. The van der Waals surface area contributed by atoms with Gasteiger partial charge < -0.3 is 20.7 Å². The minimum atomic E-state index is -4.54. The number of hydrogen-bond donors (Lipinski definition) is 3. The van der Waals surface area contributed by atoms with Crippen molar-refractivity contribution in [2.75, 3.05) is 17.2 Å². The summed E-state index contributed by atoms with van der Waals surface area (Å²) in [7, 11) is 0. The molecular formula is C17H23BrF3N3O3. The van der Waals surface area contributed by atoms with Crippen LogP contribution in [-0.4, -0.2) is 30.2 Å². The van der Waals surface area contributed by atoms with Crippen LogP contribution < -0.4 is 16.0 Å². The molecule has 0 saturated carbocycles. The highest BCUT2D eigenvalue weighted by atomic mass is 79.9.